The topological polar surface area (TPSA) is 74.2 Å². The molecule has 0 bridgehead atoms. The largest absolute Gasteiger partial charge is 0.490 e. The van der Waals surface area contributed by atoms with E-state index in [4.69, 9.17) is 37.4 Å². The fourth-order valence-electron chi connectivity index (χ4n) is 2.46. The van der Waals surface area contributed by atoms with E-state index in [9.17, 15) is 9.59 Å². The first kappa shape index (κ1) is 19.9. The van der Waals surface area contributed by atoms with Gasteiger partial charge in [0.15, 0.2) is 17.2 Å². The molecule has 1 heterocycles. The summed E-state index contributed by atoms with van der Waals surface area (Å²) in [6.45, 7) is 3.39. The van der Waals surface area contributed by atoms with Crippen LogP contribution in [0.3, 0.4) is 0 Å². The van der Waals surface area contributed by atoms with Gasteiger partial charge in [0.05, 0.1) is 11.6 Å². The Balaban J connectivity index is 1.96. The number of nitrogens with zero attached hydrogens (tertiary/aromatic N) is 1. The Morgan fingerprint density at radius 1 is 1.21 bits per heavy atom. The van der Waals surface area contributed by atoms with Gasteiger partial charge in [0.2, 0.25) is 5.90 Å². The SMILES string of the molecule is CCOc1cc(/C=C2\N=C(c3ccc(Cl)cc3)OC2=O)cc(Cl)c1OC(C)=O. The maximum Gasteiger partial charge on any atom is 0.363 e. The van der Waals surface area contributed by atoms with Crippen LogP contribution in [-0.4, -0.2) is 24.4 Å². The van der Waals surface area contributed by atoms with Crippen molar-refractivity contribution in [3.63, 3.8) is 0 Å². The van der Waals surface area contributed by atoms with E-state index < -0.39 is 11.9 Å². The lowest BCUT2D eigenvalue weighted by Gasteiger charge is -2.12. The second-order valence-corrected chi connectivity index (χ2v) is 6.54. The van der Waals surface area contributed by atoms with Crippen LogP contribution in [0.4, 0.5) is 0 Å². The number of carbonyl (C=O) groups is 2. The maximum atomic E-state index is 12.2. The Kier molecular flexibility index (Phi) is 6.02. The number of aliphatic imine (C=N–C) groups is 1. The summed E-state index contributed by atoms with van der Waals surface area (Å²) in [4.78, 5) is 27.7. The lowest BCUT2D eigenvalue weighted by molar-refractivity contribution is -0.132. The van der Waals surface area contributed by atoms with Crippen molar-refractivity contribution in [2.45, 2.75) is 13.8 Å². The Bertz CT molecular complexity index is 996. The Morgan fingerprint density at radius 3 is 2.57 bits per heavy atom. The molecule has 0 amide bonds. The van der Waals surface area contributed by atoms with Gasteiger partial charge in [-0.25, -0.2) is 9.79 Å². The average Bonchev–Trinajstić information content (AvgIpc) is 2.99. The molecule has 6 nitrogen and oxygen atoms in total. The Labute approximate surface area is 171 Å². The maximum absolute atomic E-state index is 12.2. The van der Waals surface area contributed by atoms with Crippen LogP contribution in [0.5, 0.6) is 11.5 Å². The molecule has 0 radical (unpaired) electrons. The molecule has 3 rings (SSSR count). The highest BCUT2D eigenvalue weighted by atomic mass is 35.5. The first-order chi connectivity index (χ1) is 13.4. The van der Waals surface area contributed by atoms with Crippen molar-refractivity contribution in [1.29, 1.82) is 0 Å². The summed E-state index contributed by atoms with van der Waals surface area (Å²) in [7, 11) is 0. The van der Waals surface area contributed by atoms with E-state index in [0.717, 1.165) is 0 Å². The summed E-state index contributed by atoms with van der Waals surface area (Å²) < 4.78 is 15.8. The van der Waals surface area contributed by atoms with E-state index in [1.165, 1.54) is 13.0 Å². The molecule has 2 aromatic carbocycles. The first-order valence-electron chi connectivity index (χ1n) is 8.30. The van der Waals surface area contributed by atoms with Crippen LogP contribution in [-0.2, 0) is 14.3 Å². The van der Waals surface area contributed by atoms with Crippen molar-refractivity contribution in [3.05, 3.63) is 63.3 Å². The quantitative estimate of drug-likeness (QED) is 0.400. The Hall–Kier alpha value is -2.83. The van der Waals surface area contributed by atoms with E-state index in [-0.39, 0.29) is 28.1 Å². The van der Waals surface area contributed by atoms with Gasteiger partial charge in [-0.3, -0.25) is 4.79 Å². The predicted octanol–water partition coefficient (Wildman–Crippen LogP) is 4.66. The molecule has 0 aromatic heterocycles. The zero-order valence-electron chi connectivity index (χ0n) is 15.0. The molecule has 0 unspecified atom stereocenters. The number of hydrogen-bond acceptors (Lipinski definition) is 6. The minimum atomic E-state index is -0.594. The molecule has 1 aliphatic rings. The highest BCUT2D eigenvalue weighted by Crippen LogP contribution is 2.37. The van der Waals surface area contributed by atoms with Crippen LogP contribution in [0.15, 0.2) is 47.1 Å². The summed E-state index contributed by atoms with van der Waals surface area (Å²) in [6.07, 6.45) is 1.51. The van der Waals surface area contributed by atoms with Gasteiger partial charge in [-0.15, -0.1) is 0 Å². The van der Waals surface area contributed by atoms with Crippen molar-refractivity contribution in [2.24, 2.45) is 4.99 Å². The van der Waals surface area contributed by atoms with Crippen LogP contribution < -0.4 is 9.47 Å². The standard InChI is InChI=1S/C20H15Cl2NO5/c1-3-26-17-10-12(8-15(22)18(17)27-11(2)24)9-16-20(25)28-19(23-16)13-4-6-14(21)7-5-13/h4-10H,3H2,1-2H3/b16-9-. The lowest BCUT2D eigenvalue weighted by atomic mass is 10.1. The molecule has 0 saturated carbocycles. The van der Waals surface area contributed by atoms with Gasteiger partial charge in [0.1, 0.15) is 0 Å². The molecule has 0 N–H and O–H groups in total. The molecular formula is C20H15Cl2NO5. The van der Waals surface area contributed by atoms with Crippen molar-refractivity contribution in [2.75, 3.05) is 6.61 Å². The Morgan fingerprint density at radius 2 is 1.93 bits per heavy atom. The molecule has 2 aromatic rings. The average molecular weight is 420 g/mol. The molecule has 28 heavy (non-hydrogen) atoms. The van der Waals surface area contributed by atoms with Crippen molar-refractivity contribution in [3.8, 4) is 11.5 Å². The fourth-order valence-corrected chi connectivity index (χ4v) is 2.84. The van der Waals surface area contributed by atoms with E-state index in [0.29, 0.717) is 22.8 Å². The highest BCUT2D eigenvalue weighted by molar-refractivity contribution is 6.32. The van der Waals surface area contributed by atoms with Gasteiger partial charge in [0, 0.05) is 17.5 Å². The van der Waals surface area contributed by atoms with Gasteiger partial charge in [-0.2, -0.15) is 0 Å². The zero-order chi connectivity index (χ0) is 20.3. The predicted molar refractivity (Wildman–Crippen MR) is 106 cm³/mol. The summed E-state index contributed by atoms with van der Waals surface area (Å²) >= 11 is 12.1. The highest BCUT2D eigenvalue weighted by Gasteiger charge is 2.24. The minimum absolute atomic E-state index is 0.101. The van der Waals surface area contributed by atoms with Crippen molar-refractivity contribution >= 4 is 47.1 Å². The third kappa shape index (κ3) is 4.52. The van der Waals surface area contributed by atoms with Crippen LogP contribution in [0.1, 0.15) is 25.0 Å². The van der Waals surface area contributed by atoms with E-state index in [1.807, 2.05) is 0 Å². The van der Waals surface area contributed by atoms with E-state index in [1.54, 1.807) is 43.3 Å². The number of carbonyl (C=O) groups excluding carboxylic acids is 2. The van der Waals surface area contributed by atoms with Crippen LogP contribution in [0.25, 0.3) is 6.08 Å². The van der Waals surface area contributed by atoms with Crippen LogP contribution in [0, 0.1) is 0 Å². The van der Waals surface area contributed by atoms with Gasteiger partial charge >= 0.3 is 11.9 Å². The number of ether oxygens (including phenoxy) is 3. The molecule has 8 heteroatoms. The van der Waals surface area contributed by atoms with E-state index in [2.05, 4.69) is 4.99 Å². The third-order valence-electron chi connectivity index (χ3n) is 3.59. The molecule has 144 valence electrons. The van der Waals surface area contributed by atoms with Gasteiger partial charge < -0.3 is 14.2 Å². The number of cyclic esters (lactones) is 1. The zero-order valence-corrected chi connectivity index (χ0v) is 16.5. The molecule has 1 aliphatic heterocycles. The second kappa shape index (κ2) is 8.46. The normalized spacial score (nSPS) is 14.6. The molecule has 0 fully saturated rings. The summed E-state index contributed by atoms with van der Waals surface area (Å²) in [5.74, 6) is -0.531. The molecule has 0 saturated heterocycles. The first-order valence-corrected chi connectivity index (χ1v) is 9.06. The number of hydrogen-bond donors (Lipinski definition) is 0. The van der Waals surface area contributed by atoms with Gasteiger partial charge in [0.25, 0.3) is 0 Å². The van der Waals surface area contributed by atoms with Gasteiger partial charge in [-0.1, -0.05) is 23.2 Å². The summed E-state index contributed by atoms with van der Waals surface area (Å²) in [5, 5.41) is 0.733. The summed E-state index contributed by atoms with van der Waals surface area (Å²) in [5.41, 5.74) is 1.26. The van der Waals surface area contributed by atoms with Gasteiger partial charge in [-0.05, 0) is 55.0 Å². The number of benzene rings is 2. The molecule has 0 atom stereocenters. The van der Waals surface area contributed by atoms with Crippen LogP contribution >= 0.6 is 23.2 Å². The van der Waals surface area contributed by atoms with Crippen molar-refractivity contribution in [1.82, 2.24) is 0 Å². The number of halogens is 2. The minimum Gasteiger partial charge on any atom is -0.490 e. The summed E-state index contributed by atoms with van der Waals surface area (Å²) in [6, 6.07) is 9.90. The second-order valence-electron chi connectivity index (χ2n) is 5.70. The monoisotopic (exact) mass is 419 g/mol. The number of esters is 2. The molecule has 0 spiro atoms. The molecular weight excluding hydrogens is 405 g/mol. The fraction of sp³-hybridized carbons (Fsp3) is 0.150. The van der Waals surface area contributed by atoms with Crippen LogP contribution in [0.2, 0.25) is 10.0 Å². The lowest BCUT2D eigenvalue weighted by Crippen LogP contribution is -2.05. The molecule has 0 aliphatic carbocycles. The van der Waals surface area contributed by atoms with Crippen molar-refractivity contribution < 1.29 is 23.8 Å². The number of rotatable bonds is 5. The third-order valence-corrected chi connectivity index (χ3v) is 4.13. The smallest absolute Gasteiger partial charge is 0.363 e. The van der Waals surface area contributed by atoms with E-state index >= 15 is 0 Å².